The van der Waals surface area contributed by atoms with Crippen LogP contribution in [0.2, 0.25) is 0 Å². The molecule has 1 aliphatic rings. The third-order valence-electron chi connectivity index (χ3n) is 4.86. The van der Waals surface area contributed by atoms with Crippen LogP contribution in [0, 0.1) is 0 Å². The van der Waals surface area contributed by atoms with E-state index < -0.39 is 23.2 Å². The first-order valence-electron chi connectivity index (χ1n) is 8.94. The molecule has 138 valence electrons. The molecule has 1 N–H and O–H groups in total. The molecule has 5 nitrogen and oxygen atoms in total. The van der Waals surface area contributed by atoms with Gasteiger partial charge in [-0.25, -0.2) is 9.59 Å². The fraction of sp³-hybridized carbons (Fsp3) is 0.429. The van der Waals surface area contributed by atoms with E-state index in [4.69, 9.17) is 4.74 Å². The lowest BCUT2D eigenvalue weighted by molar-refractivity contribution is -0.149. The van der Waals surface area contributed by atoms with Crippen molar-refractivity contribution in [3.8, 4) is 0 Å². The van der Waals surface area contributed by atoms with Crippen LogP contribution in [0.1, 0.15) is 39.2 Å². The summed E-state index contributed by atoms with van der Waals surface area (Å²) in [6.45, 7) is 5.75. The van der Waals surface area contributed by atoms with E-state index >= 15 is 0 Å². The Morgan fingerprint density at radius 3 is 2.54 bits per heavy atom. The molecule has 1 saturated heterocycles. The number of carbonyl (C=O) groups excluding carboxylic acids is 1. The van der Waals surface area contributed by atoms with E-state index in [1.54, 1.807) is 20.8 Å². The summed E-state index contributed by atoms with van der Waals surface area (Å²) in [4.78, 5) is 26.4. The summed E-state index contributed by atoms with van der Waals surface area (Å²) in [6.07, 6.45) is 0.780. The number of hydrogen-bond acceptors (Lipinski definition) is 3. The fourth-order valence-electron chi connectivity index (χ4n) is 3.71. The second-order valence-corrected chi connectivity index (χ2v) is 7.89. The van der Waals surface area contributed by atoms with Gasteiger partial charge in [0.1, 0.15) is 11.1 Å². The summed E-state index contributed by atoms with van der Waals surface area (Å²) in [5.41, 5.74) is -1.00. The molecule has 26 heavy (non-hydrogen) atoms. The summed E-state index contributed by atoms with van der Waals surface area (Å²) in [5, 5.41) is 12.1. The van der Waals surface area contributed by atoms with Crippen LogP contribution in [0.15, 0.2) is 42.5 Å². The largest absolute Gasteiger partial charge is 0.479 e. The van der Waals surface area contributed by atoms with Crippen molar-refractivity contribution in [2.75, 3.05) is 6.54 Å². The van der Waals surface area contributed by atoms with E-state index in [0.29, 0.717) is 19.4 Å². The number of hydrogen-bond donors (Lipinski definition) is 1. The molecule has 0 bridgehead atoms. The quantitative estimate of drug-likeness (QED) is 0.894. The number of carbonyl (C=O) groups is 2. The molecule has 2 aromatic carbocycles. The van der Waals surface area contributed by atoms with Gasteiger partial charge in [-0.2, -0.15) is 0 Å². The second kappa shape index (κ2) is 6.63. The average molecular weight is 355 g/mol. The summed E-state index contributed by atoms with van der Waals surface area (Å²) in [6, 6.07) is 13.8. The van der Waals surface area contributed by atoms with Crippen molar-refractivity contribution in [3.63, 3.8) is 0 Å². The summed E-state index contributed by atoms with van der Waals surface area (Å²) in [5.74, 6) is -0.978. The van der Waals surface area contributed by atoms with Gasteiger partial charge in [0.25, 0.3) is 0 Å². The van der Waals surface area contributed by atoms with Crippen molar-refractivity contribution in [2.24, 2.45) is 0 Å². The van der Waals surface area contributed by atoms with Crippen molar-refractivity contribution < 1.29 is 19.4 Å². The van der Waals surface area contributed by atoms with Gasteiger partial charge in [0.05, 0.1) is 0 Å². The van der Waals surface area contributed by atoms with Crippen LogP contribution in [-0.2, 0) is 16.0 Å². The third kappa shape index (κ3) is 3.39. The van der Waals surface area contributed by atoms with E-state index in [-0.39, 0.29) is 6.42 Å². The molecule has 1 atom stereocenters. The zero-order valence-corrected chi connectivity index (χ0v) is 15.5. The Hall–Kier alpha value is -2.56. The molecule has 1 heterocycles. The number of likely N-dealkylation sites (tertiary alicyclic amines) is 1. The molecule has 3 rings (SSSR count). The molecule has 0 saturated carbocycles. The maximum Gasteiger partial charge on any atom is 0.411 e. The van der Waals surface area contributed by atoms with E-state index in [1.165, 1.54) is 4.90 Å². The van der Waals surface area contributed by atoms with E-state index in [9.17, 15) is 14.7 Å². The van der Waals surface area contributed by atoms with Crippen LogP contribution in [0.4, 0.5) is 4.79 Å². The minimum absolute atomic E-state index is 0.267. The number of carboxylic acids is 1. The maximum atomic E-state index is 12.7. The first-order valence-corrected chi connectivity index (χ1v) is 8.94. The van der Waals surface area contributed by atoms with Crippen molar-refractivity contribution in [1.82, 2.24) is 4.90 Å². The number of rotatable bonds is 3. The number of fused-ring (bicyclic) bond motifs is 1. The minimum Gasteiger partial charge on any atom is -0.479 e. The van der Waals surface area contributed by atoms with Gasteiger partial charge < -0.3 is 9.84 Å². The van der Waals surface area contributed by atoms with Gasteiger partial charge in [0.15, 0.2) is 0 Å². The Balaban J connectivity index is 1.99. The molecule has 1 amide bonds. The van der Waals surface area contributed by atoms with Crippen molar-refractivity contribution in [2.45, 2.75) is 51.2 Å². The molecule has 0 aliphatic carbocycles. The van der Waals surface area contributed by atoms with Crippen molar-refractivity contribution in [3.05, 3.63) is 48.0 Å². The zero-order chi connectivity index (χ0) is 18.9. The second-order valence-electron chi connectivity index (χ2n) is 7.89. The minimum atomic E-state index is -1.27. The smallest absolute Gasteiger partial charge is 0.411 e. The molecule has 0 spiro atoms. The fourth-order valence-corrected chi connectivity index (χ4v) is 3.71. The first-order chi connectivity index (χ1) is 12.2. The van der Waals surface area contributed by atoms with Crippen LogP contribution < -0.4 is 0 Å². The highest BCUT2D eigenvalue weighted by Gasteiger charge is 2.51. The van der Waals surface area contributed by atoms with Gasteiger partial charge in [-0.3, -0.25) is 4.90 Å². The summed E-state index contributed by atoms with van der Waals surface area (Å²) >= 11 is 0. The molecule has 0 radical (unpaired) electrons. The standard InChI is InChI=1S/C21H25NO4/c1-20(2,3)26-19(25)22-13-7-12-21(22,18(23)24)14-16-10-6-9-15-8-4-5-11-17(15)16/h4-6,8-11H,7,12-14H2,1-3H3,(H,23,24)/t21-/m1/s1. The Kier molecular flexibility index (Phi) is 4.65. The zero-order valence-electron chi connectivity index (χ0n) is 15.5. The van der Waals surface area contributed by atoms with Gasteiger partial charge >= 0.3 is 12.1 Å². The normalized spacial score (nSPS) is 20.3. The molecule has 0 unspecified atom stereocenters. The topological polar surface area (TPSA) is 66.8 Å². The predicted molar refractivity (Wildman–Crippen MR) is 100 cm³/mol. The van der Waals surface area contributed by atoms with Crippen LogP contribution in [0.3, 0.4) is 0 Å². The van der Waals surface area contributed by atoms with Gasteiger partial charge in [-0.1, -0.05) is 42.5 Å². The Bertz CT molecular complexity index is 834. The molecule has 1 aliphatic heterocycles. The highest BCUT2D eigenvalue weighted by Crippen LogP contribution is 2.36. The number of carboxylic acid groups (broad SMARTS) is 1. The lowest BCUT2D eigenvalue weighted by Gasteiger charge is -2.36. The maximum absolute atomic E-state index is 12.7. The van der Waals surface area contributed by atoms with Crippen LogP contribution in [0.25, 0.3) is 10.8 Å². The number of aliphatic carboxylic acids is 1. The first kappa shape index (κ1) is 18.2. The highest BCUT2D eigenvalue weighted by atomic mass is 16.6. The van der Waals surface area contributed by atoms with Crippen molar-refractivity contribution in [1.29, 1.82) is 0 Å². The number of benzene rings is 2. The highest BCUT2D eigenvalue weighted by molar-refractivity contribution is 5.89. The monoisotopic (exact) mass is 355 g/mol. The average Bonchev–Trinajstić information content (AvgIpc) is 2.99. The number of amides is 1. The molecule has 2 aromatic rings. The summed E-state index contributed by atoms with van der Waals surface area (Å²) < 4.78 is 5.48. The van der Waals surface area contributed by atoms with E-state index in [1.807, 2.05) is 42.5 Å². The lowest BCUT2D eigenvalue weighted by atomic mass is 9.86. The molecular weight excluding hydrogens is 330 g/mol. The Morgan fingerprint density at radius 1 is 1.15 bits per heavy atom. The number of nitrogens with zero attached hydrogens (tertiary/aromatic N) is 1. The number of ether oxygens (including phenoxy) is 1. The lowest BCUT2D eigenvalue weighted by Crippen LogP contribution is -2.55. The van der Waals surface area contributed by atoms with E-state index in [2.05, 4.69) is 0 Å². The van der Waals surface area contributed by atoms with Gasteiger partial charge in [0, 0.05) is 13.0 Å². The van der Waals surface area contributed by atoms with Crippen LogP contribution in [-0.4, -0.2) is 39.8 Å². The Morgan fingerprint density at radius 2 is 1.85 bits per heavy atom. The molecule has 5 heteroatoms. The SMILES string of the molecule is CC(C)(C)OC(=O)N1CCC[C@@]1(Cc1cccc2ccccc12)C(=O)O. The van der Waals surface area contributed by atoms with Gasteiger partial charge in [-0.15, -0.1) is 0 Å². The molecule has 1 fully saturated rings. The summed E-state index contributed by atoms with van der Waals surface area (Å²) in [7, 11) is 0. The van der Waals surface area contributed by atoms with Crippen LogP contribution in [0.5, 0.6) is 0 Å². The Labute approximate surface area is 153 Å². The molecule has 0 aromatic heterocycles. The van der Waals surface area contributed by atoms with Gasteiger partial charge in [0.2, 0.25) is 0 Å². The molecular formula is C21H25NO4. The van der Waals surface area contributed by atoms with Gasteiger partial charge in [-0.05, 0) is 49.9 Å². The van der Waals surface area contributed by atoms with E-state index in [0.717, 1.165) is 16.3 Å². The van der Waals surface area contributed by atoms with Crippen molar-refractivity contribution >= 4 is 22.8 Å². The predicted octanol–water partition coefficient (Wildman–Crippen LogP) is 4.24. The van der Waals surface area contributed by atoms with Crippen LogP contribution >= 0.6 is 0 Å². The third-order valence-corrected chi connectivity index (χ3v) is 4.86.